The van der Waals surface area contributed by atoms with Gasteiger partial charge in [0, 0.05) is 6.04 Å². The highest BCUT2D eigenvalue weighted by molar-refractivity contribution is 6.31. The lowest BCUT2D eigenvalue weighted by atomic mass is 10.2. The molecule has 0 unspecified atom stereocenters. The first kappa shape index (κ1) is 11.3. The molecule has 0 heterocycles. The van der Waals surface area contributed by atoms with Crippen LogP contribution in [-0.4, -0.2) is 23.4 Å². The molecule has 5 heteroatoms. The van der Waals surface area contributed by atoms with Gasteiger partial charge in [-0.1, -0.05) is 12.8 Å². The number of hydrogen-bond acceptors (Lipinski definition) is 2. The number of imide groups is 1. The van der Waals surface area contributed by atoms with Crippen LogP contribution in [0.5, 0.6) is 0 Å². The molecule has 1 atom stereocenters. The molecule has 1 fully saturated rings. The van der Waals surface area contributed by atoms with Crippen molar-refractivity contribution in [1.82, 2.24) is 10.6 Å². The molecular weight excluding hydrogens is 204 g/mol. The average Bonchev–Trinajstić information content (AvgIpc) is 2.56. The van der Waals surface area contributed by atoms with Crippen molar-refractivity contribution in [2.75, 3.05) is 0 Å². The molecule has 3 amide bonds. The Hall–Kier alpha value is -0.770. The zero-order chi connectivity index (χ0) is 10.6. The van der Waals surface area contributed by atoms with E-state index >= 15 is 0 Å². The fraction of sp³-hybridized carbons (Fsp3) is 0.778. The SMILES string of the molecule is C[C@H](Cl)C(=O)NC(=O)NC1CCCC1. The van der Waals surface area contributed by atoms with Crippen molar-refractivity contribution in [2.24, 2.45) is 0 Å². The summed E-state index contributed by atoms with van der Waals surface area (Å²) in [6.45, 7) is 1.53. The monoisotopic (exact) mass is 218 g/mol. The average molecular weight is 219 g/mol. The molecule has 0 aromatic heterocycles. The number of urea groups is 1. The van der Waals surface area contributed by atoms with E-state index in [2.05, 4.69) is 10.6 Å². The number of halogens is 1. The second-order valence-corrected chi connectivity index (χ2v) is 4.21. The Bertz CT molecular complexity index is 225. The topological polar surface area (TPSA) is 58.2 Å². The maximum atomic E-state index is 11.2. The van der Waals surface area contributed by atoms with Crippen LogP contribution in [0.4, 0.5) is 4.79 Å². The molecule has 4 nitrogen and oxygen atoms in total. The minimum Gasteiger partial charge on any atom is -0.335 e. The molecule has 0 saturated heterocycles. The summed E-state index contributed by atoms with van der Waals surface area (Å²) >= 11 is 5.50. The van der Waals surface area contributed by atoms with Crippen molar-refractivity contribution in [3.63, 3.8) is 0 Å². The van der Waals surface area contributed by atoms with Crippen molar-refractivity contribution in [1.29, 1.82) is 0 Å². The Morgan fingerprint density at radius 3 is 2.43 bits per heavy atom. The summed E-state index contributed by atoms with van der Waals surface area (Å²) in [5.41, 5.74) is 0. The van der Waals surface area contributed by atoms with Gasteiger partial charge >= 0.3 is 6.03 Å². The molecule has 0 radical (unpaired) electrons. The van der Waals surface area contributed by atoms with E-state index in [1.807, 2.05) is 0 Å². The maximum Gasteiger partial charge on any atom is 0.321 e. The number of carbonyl (C=O) groups excluding carboxylic acids is 2. The fourth-order valence-corrected chi connectivity index (χ4v) is 1.56. The number of amides is 3. The summed E-state index contributed by atoms with van der Waals surface area (Å²) in [7, 11) is 0. The van der Waals surface area contributed by atoms with Gasteiger partial charge in [0.2, 0.25) is 5.91 Å². The third-order valence-corrected chi connectivity index (χ3v) is 2.49. The summed E-state index contributed by atoms with van der Waals surface area (Å²) < 4.78 is 0. The van der Waals surface area contributed by atoms with E-state index in [4.69, 9.17) is 11.6 Å². The minimum absolute atomic E-state index is 0.216. The van der Waals surface area contributed by atoms with Gasteiger partial charge in [-0.2, -0.15) is 0 Å². The molecule has 1 aliphatic rings. The third-order valence-electron chi connectivity index (χ3n) is 2.29. The third kappa shape index (κ3) is 3.54. The second-order valence-electron chi connectivity index (χ2n) is 3.56. The quantitative estimate of drug-likeness (QED) is 0.688. The van der Waals surface area contributed by atoms with Crippen molar-refractivity contribution in [3.8, 4) is 0 Å². The minimum atomic E-state index is -0.677. The van der Waals surface area contributed by atoms with Gasteiger partial charge in [0.05, 0.1) is 0 Å². The van der Waals surface area contributed by atoms with E-state index < -0.39 is 17.3 Å². The Kier molecular flexibility index (Phi) is 4.20. The molecule has 0 aromatic rings. The molecule has 0 aliphatic heterocycles. The zero-order valence-electron chi connectivity index (χ0n) is 8.18. The smallest absolute Gasteiger partial charge is 0.321 e. The summed E-state index contributed by atoms with van der Waals surface area (Å²) in [6, 6.07) is -0.220. The highest BCUT2D eigenvalue weighted by Gasteiger charge is 2.19. The van der Waals surface area contributed by atoms with Gasteiger partial charge < -0.3 is 5.32 Å². The van der Waals surface area contributed by atoms with Gasteiger partial charge in [-0.3, -0.25) is 10.1 Å². The standard InChI is InChI=1S/C9H15ClN2O2/c1-6(10)8(13)12-9(14)11-7-4-2-3-5-7/h6-7H,2-5H2,1H3,(H2,11,12,13,14)/t6-/m0/s1. The molecule has 0 aromatic carbocycles. The molecule has 1 aliphatic carbocycles. The van der Waals surface area contributed by atoms with E-state index in [0.717, 1.165) is 25.7 Å². The van der Waals surface area contributed by atoms with Crippen LogP contribution in [0.2, 0.25) is 0 Å². The Labute approximate surface area is 88.4 Å². The first-order valence-electron chi connectivity index (χ1n) is 4.85. The molecular formula is C9H15ClN2O2. The predicted molar refractivity (Wildman–Crippen MR) is 54.2 cm³/mol. The van der Waals surface area contributed by atoms with E-state index in [-0.39, 0.29) is 6.04 Å². The van der Waals surface area contributed by atoms with Crippen molar-refractivity contribution >= 4 is 23.5 Å². The van der Waals surface area contributed by atoms with Gasteiger partial charge in [0.15, 0.2) is 0 Å². The molecule has 14 heavy (non-hydrogen) atoms. The Morgan fingerprint density at radius 1 is 1.36 bits per heavy atom. The summed E-state index contributed by atoms with van der Waals surface area (Å²) in [5.74, 6) is -0.456. The normalized spacial score (nSPS) is 19.0. The van der Waals surface area contributed by atoms with Crippen LogP contribution in [0, 0.1) is 0 Å². The molecule has 0 spiro atoms. The summed E-state index contributed by atoms with van der Waals surface area (Å²) in [5, 5.41) is 4.24. The van der Waals surface area contributed by atoms with Crippen molar-refractivity contribution < 1.29 is 9.59 Å². The van der Waals surface area contributed by atoms with E-state index in [1.165, 1.54) is 6.92 Å². The molecule has 2 N–H and O–H groups in total. The first-order chi connectivity index (χ1) is 6.59. The number of hydrogen-bond donors (Lipinski definition) is 2. The summed E-state index contributed by atoms with van der Waals surface area (Å²) in [6.07, 6.45) is 4.28. The predicted octanol–water partition coefficient (Wildman–Crippen LogP) is 1.38. The fourth-order valence-electron chi connectivity index (χ4n) is 1.50. The van der Waals surface area contributed by atoms with Crippen LogP contribution >= 0.6 is 11.6 Å². The van der Waals surface area contributed by atoms with Crippen LogP contribution in [0.3, 0.4) is 0 Å². The van der Waals surface area contributed by atoms with E-state index in [1.54, 1.807) is 0 Å². The van der Waals surface area contributed by atoms with Gasteiger partial charge in [0.1, 0.15) is 5.38 Å². The first-order valence-corrected chi connectivity index (χ1v) is 5.28. The summed E-state index contributed by atoms with van der Waals surface area (Å²) in [4.78, 5) is 22.2. The lowest BCUT2D eigenvalue weighted by Crippen LogP contribution is -2.45. The maximum absolute atomic E-state index is 11.2. The number of nitrogens with one attached hydrogen (secondary N) is 2. The Morgan fingerprint density at radius 2 is 1.93 bits per heavy atom. The lowest BCUT2D eigenvalue weighted by Gasteiger charge is -2.12. The Balaban J connectivity index is 2.24. The van der Waals surface area contributed by atoms with Crippen LogP contribution in [0.15, 0.2) is 0 Å². The second kappa shape index (κ2) is 5.20. The lowest BCUT2D eigenvalue weighted by molar-refractivity contribution is -0.119. The zero-order valence-corrected chi connectivity index (χ0v) is 8.93. The van der Waals surface area contributed by atoms with Gasteiger partial charge in [-0.05, 0) is 19.8 Å². The van der Waals surface area contributed by atoms with Gasteiger partial charge in [0.25, 0.3) is 0 Å². The highest BCUT2D eigenvalue weighted by atomic mass is 35.5. The van der Waals surface area contributed by atoms with Crippen LogP contribution in [0.25, 0.3) is 0 Å². The van der Waals surface area contributed by atoms with Crippen LogP contribution < -0.4 is 10.6 Å². The molecule has 0 bridgehead atoms. The number of rotatable bonds is 2. The largest absolute Gasteiger partial charge is 0.335 e. The van der Waals surface area contributed by atoms with Crippen molar-refractivity contribution in [2.45, 2.75) is 44.0 Å². The number of alkyl halides is 1. The molecule has 80 valence electrons. The van der Waals surface area contributed by atoms with Crippen molar-refractivity contribution in [3.05, 3.63) is 0 Å². The van der Waals surface area contributed by atoms with Gasteiger partial charge in [-0.25, -0.2) is 4.79 Å². The molecule has 1 saturated carbocycles. The number of carbonyl (C=O) groups is 2. The van der Waals surface area contributed by atoms with Crippen LogP contribution in [-0.2, 0) is 4.79 Å². The van der Waals surface area contributed by atoms with E-state index in [0.29, 0.717) is 0 Å². The highest BCUT2D eigenvalue weighted by Crippen LogP contribution is 2.17. The van der Waals surface area contributed by atoms with E-state index in [9.17, 15) is 9.59 Å². The molecule has 1 rings (SSSR count). The van der Waals surface area contributed by atoms with Gasteiger partial charge in [-0.15, -0.1) is 11.6 Å². The van der Waals surface area contributed by atoms with Crippen LogP contribution in [0.1, 0.15) is 32.6 Å².